The molecule has 2 aliphatic rings. The smallest absolute Gasteiger partial charge is 0.407 e. The first-order chi connectivity index (χ1) is 16.9. The van der Waals surface area contributed by atoms with Gasteiger partial charge in [-0.3, -0.25) is 4.79 Å². The molecule has 0 heterocycles. The van der Waals surface area contributed by atoms with E-state index in [9.17, 15) is 19.5 Å². The van der Waals surface area contributed by atoms with Gasteiger partial charge in [-0.05, 0) is 54.4 Å². The van der Waals surface area contributed by atoms with Crippen molar-refractivity contribution in [3.63, 3.8) is 0 Å². The molecule has 4 atom stereocenters. The first-order valence-electron chi connectivity index (χ1n) is 12.0. The number of aliphatic carboxylic acids is 1. The Morgan fingerprint density at radius 1 is 1.03 bits per heavy atom. The van der Waals surface area contributed by atoms with Crippen molar-refractivity contribution in [3.05, 3.63) is 59.7 Å². The van der Waals surface area contributed by atoms with E-state index in [2.05, 4.69) is 34.9 Å². The van der Waals surface area contributed by atoms with Crippen molar-refractivity contribution < 1.29 is 29.0 Å². The quantitative estimate of drug-likeness (QED) is 0.504. The van der Waals surface area contributed by atoms with Crippen LogP contribution in [0.3, 0.4) is 0 Å². The molecule has 0 unspecified atom stereocenters. The number of fused-ring (bicyclic) bond motifs is 3. The van der Waals surface area contributed by atoms with Crippen LogP contribution in [0, 0.1) is 5.92 Å². The number of hydrogen-bond acceptors (Lipinski definition) is 5. The first kappa shape index (κ1) is 24.7. The predicted molar refractivity (Wildman–Crippen MR) is 130 cm³/mol. The summed E-state index contributed by atoms with van der Waals surface area (Å²) in [5.74, 6) is -1.38. The molecule has 1 saturated carbocycles. The minimum absolute atomic E-state index is 0.00449. The number of alkyl carbamates (subject to hydrolysis) is 1. The fraction of sp³-hybridized carbons (Fsp3) is 0.444. The van der Waals surface area contributed by atoms with Gasteiger partial charge in [0.15, 0.2) is 6.04 Å². The third-order valence-electron chi connectivity index (χ3n) is 7.10. The minimum atomic E-state index is -1.13. The SMILES string of the molecule is CO[C@H](C)[C@H](NC(=O)C[C@@H]1CC[C@H](NC(=O)OCC2c3ccccc3-c3ccccc32)C1)C(=O)O. The van der Waals surface area contributed by atoms with Crippen LogP contribution in [-0.2, 0) is 19.1 Å². The van der Waals surface area contributed by atoms with Crippen molar-refractivity contribution in [3.8, 4) is 11.1 Å². The van der Waals surface area contributed by atoms with Crippen LogP contribution >= 0.6 is 0 Å². The lowest BCUT2D eigenvalue weighted by Gasteiger charge is -2.21. The van der Waals surface area contributed by atoms with Gasteiger partial charge in [-0.15, -0.1) is 0 Å². The van der Waals surface area contributed by atoms with Crippen LogP contribution in [0.15, 0.2) is 48.5 Å². The zero-order valence-electron chi connectivity index (χ0n) is 20.0. The number of benzene rings is 2. The zero-order chi connectivity index (χ0) is 24.9. The molecule has 0 aromatic heterocycles. The lowest BCUT2D eigenvalue weighted by atomic mass is 9.98. The number of hydrogen-bond donors (Lipinski definition) is 3. The molecule has 0 bridgehead atoms. The summed E-state index contributed by atoms with van der Waals surface area (Å²) in [6, 6.07) is 15.2. The molecule has 8 heteroatoms. The van der Waals surface area contributed by atoms with E-state index in [1.165, 1.54) is 18.2 Å². The van der Waals surface area contributed by atoms with E-state index in [0.717, 1.165) is 24.0 Å². The van der Waals surface area contributed by atoms with Gasteiger partial charge >= 0.3 is 12.1 Å². The Kier molecular flexibility index (Phi) is 7.70. The fourth-order valence-corrected chi connectivity index (χ4v) is 5.21. The maximum Gasteiger partial charge on any atom is 0.407 e. The number of rotatable bonds is 9. The Morgan fingerprint density at radius 3 is 2.26 bits per heavy atom. The minimum Gasteiger partial charge on any atom is -0.480 e. The van der Waals surface area contributed by atoms with Crippen LogP contribution in [0.4, 0.5) is 4.79 Å². The maximum atomic E-state index is 12.5. The number of ether oxygens (including phenoxy) is 2. The van der Waals surface area contributed by atoms with Crippen LogP contribution < -0.4 is 10.6 Å². The van der Waals surface area contributed by atoms with Crippen molar-refractivity contribution in [1.29, 1.82) is 0 Å². The highest BCUT2D eigenvalue weighted by atomic mass is 16.5. The number of carboxylic acids is 1. The van der Waals surface area contributed by atoms with E-state index in [-0.39, 0.29) is 36.8 Å². The van der Waals surface area contributed by atoms with Gasteiger partial charge in [-0.25, -0.2) is 9.59 Å². The summed E-state index contributed by atoms with van der Waals surface area (Å²) in [7, 11) is 1.41. The van der Waals surface area contributed by atoms with Crippen molar-refractivity contribution >= 4 is 18.0 Å². The summed E-state index contributed by atoms with van der Waals surface area (Å²) in [6.07, 6.45) is 1.29. The highest BCUT2D eigenvalue weighted by Gasteiger charge is 2.32. The molecule has 186 valence electrons. The highest BCUT2D eigenvalue weighted by molar-refractivity contribution is 5.84. The van der Waals surface area contributed by atoms with Crippen molar-refractivity contribution in [2.24, 2.45) is 5.92 Å². The normalized spacial score (nSPS) is 20.4. The topological polar surface area (TPSA) is 114 Å². The Balaban J connectivity index is 1.25. The van der Waals surface area contributed by atoms with E-state index in [1.54, 1.807) is 6.92 Å². The van der Waals surface area contributed by atoms with Crippen LogP contribution in [0.1, 0.15) is 49.7 Å². The summed E-state index contributed by atoms with van der Waals surface area (Å²) in [5, 5.41) is 14.8. The molecule has 3 N–H and O–H groups in total. The Hall–Kier alpha value is -3.39. The average Bonchev–Trinajstić information content (AvgIpc) is 3.42. The van der Waals surface area contributed by atoms with Crippen molar-refractivity contribution in [1.82, 2.24) is 10.6 Å². The Bertz CT molecular complexity index is 1040. The Morgan fingerprint density at radius 2 is 1.66 bits per heavy atom. The van der Waals surface area contributed by atoms with E-state index in [1.807, 2.05) is 24.3 Å². The number of carbonyl (C=O) groups excluding carboxylic acids is 2. The van der Waals surface area contributed by atoms with E-state index in [4.69, 9.17) is 9.47 Å². The summed E-state index contributed by atoms with van der Waals surface area (Å²) in [4.78, 5) is 36.3. The number of carbonyl (C=O) groups is 3. The van der Waals surface area contributed by atoms with Crippen LogP contribution in [0.25, 0.3) is 11.1 Å². The van der Waals surface area contributed by atoms with Crippen LogP contribution in [0.5, 0.6) is 0 Å². The number of methoxy groups -OCH3 is 1. The summed E-state index contributed by atoms with van der Waals surface area (Å²) in [6.45, 7) is 1.86. The number of carboxylic acid groups (broad SMARTS) is 1. The van der Waals surface area contributed by atoms with Gasteiger partial charge in [0, 0.05) is 25.5 Å². The lowest BCUT2D eigenvalue weighted by Crippen LogP contribution is -2.48. The second-order valence-electron chi connectivity index (χ2n) is 9.37. The maximum absolute atomic E-state index is 12.5. The van der Waals surface area contributed by atoms with Gasteiger partial charge in [-0.1, -0.05) is 48.5 Å². The number of nitrogens with one attached hydrogen (secondary N) is 2. The third kappa shape index (κ3) is 5.65. The molecule has 0 radical (unpaired) electrons. The fourth-order valence-electron chi connectivity index (χ4n) is 5.21. The molecule has 2 aromatic carbocycles. The first-order valence-corrected chi connectivity index (χ1v) is 12.0. The molecule has 2 aliphatic carbocycles. The van der Waals surface area contributed by atoms with Crippen molar-refractivity contribution in [2.75, 3.05) is 13.7 Å². The summed E-state index contributed by atoms with van der Waals surface area (Å²) >= 11 is 0. The summed E-state index contributed by atoms with van der Waals surface area (Å²) < 4.78 is 10.7. The Labute approximate surface area is 205 Å². The van der Waals surface area contributed by atoms with Gasteiger partial charge in [0.25, 0.3) is 0 Å². The highest BCUT2D eigenvalue weighted by Crippen LogP contribution is 2.44. The molecule has 1 fully saturated rings. The number of amides is 2. The van der Waals surface area contributed by atoms with E-state index >= 15 is 0 Å². The van der Waals surface area contributed by atoms with E-state index < -0.39 is 24.2 Å². The molecule has 0 aliphatic heterocycles. The molecular weight excluding hydrogens is 448 g/mol. The van der Waals surface area contributed by atoms with Gasteiger partial charge in [-0.2, -0.15) is 0 Å². The van der Waals surface area contributed by atoms with Gasteiger partial charge in [0.1, 0.15) is 6.61 Å². The molecule has 0 saturated heterocycles. The van der Waals surface area contributed by atoms with Crippen molar-refractivity contribution in [2.45, 2.75) is 56.7 Å². The predicted octanol–water partition coefficient (Wildman–Crippen LogP) is 3.69. The monoisotopic (exact) mass is 480 g/mol. The van der Waals surface area contributed by atoms with Crippen LogP contribution in [-0.4, -0.2) is 55.0 Å². The molecule has 0 spiro atoms. The largest absolute Gasteiger partial charge is 0.480 e. The van der Waals surface area contributed by atoms with Gasteiger partial charge < -0.3 is 25.2 Å². The average molecular weight is 481 g/mol. The third-order valence-corrected chi connectivity index (χ3v) is 7.10. The van der Waals surface area contributed by atoms with Crippen LogP contribution in [0.2, 0.25) is 0 Å². The second kappa shape index (κ2) is 10.9. The zero-order valence-corrected chi connectivity index (χ0v) is 20.0. The molecular formula is C27H32N2O6. The van der Waals surface area contributed by atoms with Gasteiger partial charge in [0.05, 0.1) is 6.10 Å². The second-order valence-corrected chi connectivity index (χ2v) is 9.37. The molecule has 2 aromatic rings. The molecule has 35 heavy (non-hydrogen) atoms. The van der Waals surface area contributed by atoms with Gasteiger partial charge in [0.2, 0.25) is 5.91 Å². The summed E-state index contributed by atoms with van der Waals surface area (Å²) in [5.41, 5.74) is 4.69. The standard InChI is InChI=1S/C27H32N2O6/c1-16(34-2)25(26(31)32)29-24(30)14-17-11-12-18(13-17)28-27(33)35-15-23-21-9-5-3-7-19(21)20-8-4-6-10-22(20)23/h3-10,16-18,23,25H,11-15H2,1-2H3,(H,28,33)(H,29,30)(H,31,32)/t16-,17-,18+,25+/m1/s1. The molecule has 8 nitrogen and oxygen atoms in total. The molecule has 4 rings (SSSR count). The lowest BCUT2D eigenvalue weighted by molar-refractivity contribution is -0.145. The van der Waals surface area contributed by atoms with E-state index in [0.29, 0.717) is 6.42 Å². The molecule has 2 amide bonds.